The molecule has 0 aliphatic heterocycles. The molecule has 31 heavy (non-hydrogen) atoms. The lowest BCUT2D eigenvalue weighted by Gasteiger charge is -2.16. The maximum absolute atomic E-state index is 12.5. The van der Waals surface area contributed by atoms with Crippen LogP contribution in [0.25, 0.3) is 11.0 Å². The zero-order chi connectivity index (χ0) is 23.0. The molecule has 168 valence electrons. The minimum absolute atomic E-state index is 0.0592. The number of rotatable bonds is 11. The van der Waals surface area contributed by atoms with Crippen molar-refractivity contribution in [1.82, 2.24) is 5.32 Å². The van der Waals surface area contributed by atoms with Gasteiger partial charge in [0.2, 0.25) is 5.91 Å². The highest BCUT2D eigenvalue weighted by Crippen LogP contribution is 2.25. The number of methoxy groups -OCH3 is 1. The van der Waals surface area contributed by atoms with E-state index in [1.165, 1.54) is 7.11 Å². The Labute approximate surface area is 186 Å². The third-order valence-corrected chi connectivity index (χ3v) is 5.42. The minimum Gasteiger partial charge on any atom is -0.489 e. The first-order valence-electron chi connectivity index (χ1n) is 9.96. The predicted molar refractivity (Wildman–Crippen MR) is 123 cm³/mol. The van der Waals surface area contributed by atoms with Crippen LogP contribution in [-0.2, 0) is 20.7 Å². The Morgan fingerprint density at radius 1 is 1.32 bits per heavy atom. The second-order valence-corrected chi connectivity index (χ2v) is 8.31. The lowest BCUT2D eigenvalue weighted by atomic mass is 10.0. The normalized spacial score (nSPS) is 11.7. The molecule has 0 saturated heterocycles. The summed E-state index contributed by atoms with van der Waals surface area (Å²) in [5.74, 6) is 0.502. The van der Waals surface area contributed by atoms with Crippen molar-refractivity contribution in [1.29, 1.82) is 0 Å². The number of hydrogen-bond donors (Lipinski definition) is 1. The van der Waals surface area contributed by atoms with Crippen molar-refractivity contribution in [2.45, 2.75) is 39.2 Å². The van der Waals surface area contributed by atoms with Crippen LogP contribution in [0, 0.1) is 6.92 Å². The molecule has 0 unspecified atom stereocenters. The van der Waals surface area contributed by atoms with Gasteiger partial charge in [-0.2, -0.15) is 11.8 Å². The molecule has 0 fully saturated rings. The Kier molecular flexibility index (Phi) is 9.18. The highest BCUT2D eigenvalue weighted by Gasteiger charge is 2.21. The highest BCUT2D eigenvalue weighted by molar-refractivity contribution is 7.98. The average molecular weight is 448 g/mol. The van der Waals surface area contributed by atoms with Crippen LogP contribution in [0.1, 0.15) is 30.9 Å². The van der Waals surface area contributed by atoms with E-state index >= 15 is 0 Å². The molecule has 1 atom stereocenters. The molecule has 8 heteroatoms. The second-order valence-electron chi connectivity index (χ2n) is 7.32. The zero-order valence-electron chi connectivity index (χ0n) is 18.4. The third kappa shape index (κ3) is 6.89. The van der Waals surface area contributed by atoms with Gasteiger partial charge in [-0.3, -0.25) is 4.79 Å². The van der Waals surface area contributed by atoms with Gasteiger partial charge < -0.3 is 19.2 Å². The van der Waals surface area contributed by atoms with Crippen molar-refractivity contribution >= 4 is 34.6 Å². The van der Waals surface area contributed by atoms with Gasteiger partial charge in [-0.05, 0) is 62.0 Å². The molecule has 2 aromatic rings. The summed E-state index contributed by atoms with van der Waals surface area (Å²) >= 11 is 1.58. The fourth-order valence-corrected chi connectivity index (χ4v) is 3.56. The van der Waals surface area contributed by atoms with E-state index < -0.39 is 17.6 Å². The smallest absolute Gasteiger partial charge is 0.339 e. The Morgan fingerprint density at radius 2 is 2.06 bits per heavy atom. The lowest BCUT2D eigenvalue weighted by molar-refractivity contribution is -0.145. The van der Waals surface area contributed by atoms with Crippen molar-refractivity contribution in [2.24, 2.45) is 0 Å². The van der Waals surface area contributed by atoms with Gasteiger partial charge in [0.1, 0.15) is 24.0 Å². The van der Waals surface area contributed by atoms with Crippen molar-refractivity contribution in [3.8, 4) is 5.75 Å². The summed E-state index contributed by atoms with van der Waals surface area (Å²) in [6, 6.07) is 4.62. The molecule has 1 amide bonds. The van der Waals surface area contributed by atoms with Gasteiger partial charge in [-0.25, -0.2) is 9.59 Å². The first-order chi connectivity index (χ1) is 14.8. The number of amides is 1. The molecule has 2 rings (SSSR count). The number of esters is 1. The largest absolute Gasteiger partial charge is 0.489 e. The molecule has 7 nitrogen and oxygen atoms in total. The zero-order valence-corrected chi connectivity index (χ0v) is 19.2. The van der Waals surface area contributed by atoms with Crippen molar-refractivity contribution < 1.29 is 23.5 Å². The fourth-order valence-electron chi connectivity index (χ4n) is 3.09. The van der Waals surface area contributed by atoms with Crippen LogP contribution in [0.15, 0.2) is 39.6 Å². The van der Waals surface area contributed by atoms with Crippen molar-refractivity contribution in [2.75, 3.05) is 25.7 Å². The number of carbonyl (C=O) groups is 2. The molecule has 1 aromatic heterocycles. The summed E-state index contributed by atoms with van der Waals surface area (Å²) in [6.07, 6.45) is 2.67. The van der Waals surface area contributed by atoms with E-state index in [-0.39, 0.29) is 18.7 Å². The molecule has 0 radical (unpaired) electrons. The average Bonchev–Trinajstić information content (AvgIpc) is 2.74. The van der Waals surface area contributed by atoms with Gasteiger partial charge in [-0.1, -0.05) is 6.58 Å². The number of thioether (sulfide) groups is 1. The van der Waals surface area contributed by atoms with Crippen LogP contribution in [0.5, 0.6) is 5.75 Å². The number of nitrogens with one attached hydrogen (secondary N) is 1. The van der Waals surface area contributed by atoms with E-state index in [1.54, 1.807) is 17.8 Å². The Hall–Kier alpha value is -2.74. The number of ether oxygens (including phenoxy) is 2. The van der Waals surface area contributed by atoms with Gasteiger partial charge >= 0.3 is 11.6 Å². The van der Waals surface area contributed by atoms with Gasteiger partial charge in [0, 0.05) is 23.4 Å². The summed E-state index contributed by atoms with van der Waals surface area (Å²) in [6.45, 7) is 7.87. The molecule has 0 saturated carbocycles. The van der Waals surface area contributed by atoms with Crippen LogP contribution in [0.4, 0.5) is 0 Å². The molecule has 0 aliphatic carbocycles. The molecule has 1 aromatic carbocycles. The predicted octanol–water partition coefficient (Wildman–Crippen LogP) is 3.40. The standard InChI is InChI=1S/C23H29NO6S/c1-14(2)13-29-16-6-7-17-15(3)18(22(26)30-20(17)12-16)8-9-21(25)24-19(10-11-31-5)23(27)28-4/h6-7,12,19H,1,8-11,13H2,2-5H3,(H,24,25)/t19-/m0/s1. The lowest BCUT2D eigenvalue weighted by Crippen LogP contribution is -2.42. The number of aryl methyl sites for hydroxylation is 1. The summed E-state index contributed by atoms with van der Waals surface area (Å²) in [4.78, 5) is 36.8. The van der Waals surface area contributed by atoms with Gasteiger partial charge in [0.25, 0.3) is 0 Å². The van der Waals surface area contributed by atoms with E-state index in [2.05, 4.69) is 11.9 Å². The number of carbonyl (C=O) groups excluding carboxylic acids is 2. The minimum atomic E-state index is -0.698. The maximum atomic E-state index is 12.5. The van der Waals surface area contributed by atoms with Crippen LogP contribution in [0.3, 0.4) is 0 Å². The second kappa shape index (κ2) is 11.6. The van der Waals surface area contributed by atoms with Crippen LogP contribution in [0.2, 0.25) is 0 Å². The topological polar surface area (TPSA) is 94.8 Å². The Morgan fingerprint density at radius 3 is 2.71 bits per heavy atom. The molecule has 0 bridgehead atoms. The van der Waals surface area contributed by atoms with Gasteiger partial charge in [0.15, 0.2) is 0 Å². The highest BCUT2D eigenvalue weighted by atomic mass is 32.2. The van der Waals surface area contributed by atoms with Crippen LogP contribution < -0.4 is 15.7 Å². The SMILES string of the molecule is C=C(C)COc1ccc2c(C)c(CCC(=O)N[C@@H](CCSC)C(=O)OC)c(=O)oc2c1. The van der Waals surface area contributed by atoms with E-state index in [1.807, 2.05) is 32.2 Å². The number of hydrogen-bond acceptors (Lipinski definition) is 7. The summed E-state index contributed by atoms with van der Waals surface area (Å²) in [7, 11) is 1.29. The maximum Gasteiger partial charge on any atom is 0.339 e. The summed E-state index contributed by atoms with van der Waals surface area (Å²) in [5.41, 5.74) is 2.03. The van der Waals surface area contributed by atoms with E-state index in [4.69, 9.17) is 13.9 Å². The van der Waals surface area contributed by atoms with Crippen LogP contribution >= 0.6 is 11.8 Å². The summed E-state index contributed by atoms with van der Waals surface area (Å²) < 4.78 is 15.8. The molecule has 1 heterocycles. The number of benzene rings is 1. The van der Waals surface area contributed by atoms with Crippen molar-refractivity contribution in [3.05, 3.63) is 51.9 Å². The molecular weight excluding hydrogens is 418 g/mol. The number of fused-ring (bicyclic) bond motifs is 1. The molecule has 0 spiro atoms. The molecule has 1 N–H and O–H groups in total. The Balaban J connectivity index is 2.13. The first-order valence-corrected chi connectivity index (χ1v) is 11.4. The fraction of sp³-hybridized carbons (Fsp3) is 0.435. The quantitative estimate of drug-likeness (QED) is 0.320. The third-order valence-electron chi connectivity index (χ3n) is 4.78. The molecular formula is C23H29NO6S. The van der Waals surface area contributed by atoms with Crippen molar-refractivity contribution in [3.63, 3.8) is 0 Å². The van der Waals surface area contributed by atoms with E-state index in [0.29, 0.717) is 35.7 Å². The van der Waals surface area contributed by atoms with E-state index in [0.717, 1.165) is 16.5 Å². The Bertz CT molecular complexity index is 1010. The summed E-state index contributed by atoms with van der Waals surface area (Å²) in [5, 5.41) is 3.48. The van der Waals surface area contributed by atoms with Gasteiger partial charge in [0.05, 0.1) is 7.11 Å². The molecule has 0 aliphatic rings. The van der Waals surface area contributed by atoms with Crippen LogP contribution in [-0.4, -0.2) is 43.6 Å². The monoisotopic (exact) mass is 447 g/mol. The van der Waals surface area contributed by atoms with Gasteiger partial charge in [-0.15, -0.1) is 0 Å². The first kappa shape index (κ1) is 24.5. The van der Waals surface area contributed by atoms with E-state index in [9.17, 15) is 14.4 Å².